The van der Waals surface area contributed by atoms with Crippen molar-refractivity contribution in [3.63, 3.8) is 0 Å². The van der Waals surface area contributed by atoms with Crippen molar-refractivity contribution in [1.82, 2.24) is 4.90 Å². The van der Waals surface area contributed by atoms with Gasteiger partial charge in [-0.25, -0.2) is 4.79 Å². The van der Waals surface area contributed by atoms with Gasteiger partial charge < -0.3 is 10.0 Å². The number of nitro benzene ring substituents is 1. The average Bonchev–Trinajstić information content (AvgIpc) is 3.01. The van der Waals surface area contributed by atoms with E-state index in [0.29, 0.717) is 6.42 Å². The van der Waals surface area contributed by atoms with Gasteiger partial charge in [0.05, 0.1) is 16.9 Å². The van der Waals surface area contributed by atoms with Crippen molar-refractivity contribution >= 4 is 17.6 Å². The molecule has 1 aliphatic heterocycles. The van der Waals surface area contributed by atoms with Crippen LogP contribution in [0.1, 0.15) is 22.3 Å². The summed E-state index contributed by atoms with van der Waals surface area (Å²) in [7, 11) is 0. The van der Waals surface area contributed by atoms with Gasteiger partial charge in [-0.05, 0) is 12.0 Å². The summed E-state index contributed by atoms with van der Waals surface area (Å²) in [6, 6.07) is 4.07. The van der Waals surface area contributed by atoms with Crippen LogP contribution < -0.4 is 0 Å². The number of benzene rings is 1. The number of carbonyl (C=O) groups excluding carboxylic acids is 1. The maximum Gasteiger partial charge on any atom is 0.343 e. The van der Waals surface area contributed by atoms with Gasteiger partial charge in [0.25, 0.3) is 5.69 Å². The number of hydrogen-bond acceptors (Lipinski definition) is 4. The predicted octanol–water partition coefficient (Wildman–Crippen LogP) is 1.58. The van der Waals surface area contributed by atoms with Gasteiger partial charge in [-0.1, -0.05) is 24.3 Å². The van der Waals surface area contributed by atoms with Crippen LogP contribution in [0.5, 0.6) is 0 Å². The molecule has 1 aromatic rings. The van der Waals surface area contributed by atoms with Gasteiger partial charge in [-0.3, -0.25) is 14.9 Å². The molecule has 0 radical (unpaired) electrons. The van der Waals surface area contributed by atoms with E-state index in [2.05, 4.69) is 0 Å². The number of rotatable bonds is 4. The quantitative estimate of drug-likeness (QED) is 0.515. The van der Waals surface area contributed by atoms with Gasteiger partial charge in [0.1, 0.15) is 5.56 Å². The molecule has 1 fully saturated rings. The number of nitrogens with zero attached hydrogens (tertiary/aromatic N) is 2. The number of nitro groups is 1. The Morgan fingerprint density at radius 1 is 1.43 bits per heavy atom. The zero-order chi connectivity index (χ0) is 15.1. The van der Waals surface area contributed by atoms with Crippen molar-refractivity contribution in [2.24, 2.45) is 5.92 Å². The fraction of sp³-hybridized carbons (Fsp3) is 0.286. The van der Waals surface area contributed by atoms with Crippen molar-refractivity contribution in [3.05, 3.63) is 51.6 Å². The molecular weight excluding hydrogens is 276 g/mol. The molecule has 2 unspecified atom stereocenters. The van der Waals surface area contributed by atoms with Crippen LogP contribution in [0.15, 0.2) is 30.4 Å². The lowest BCUT2D eigenvalue weighted by atomic mass is 10.0. The highest BCUT2D eigenvalue weighted by molar-refractivity contribution is 5.94. The summed E-state index contributed by atoms with van der Waals surface area (Å²) in [5.41, 5.74) is -0.514. The lowest BCUT2D eigenvalue weighted by Crippen LogP contribution is -2.34. The van der Waals surface area contributed by atoms with Crippen LogP contribution in [0.2, 0.25) is 0 Å². The van der Waals surface area contributed by atoms with E-state index >= 15 is 0 Å². The highest BCUT2D eigenvalue weighted by atomic mass is 16.6. The summed E-state index contributed by atoms with van der Waals surface area (Å²) >= 11 is 0. The van der Waals surface area contributed by atoms with Gasteiger partial charge in [0.2, 0.25) is 5.91 Å². The van der Waals surface area contributed by atoms with Crippen molar-refractivity contribution in [2.75, 3.05) is 0 Å². The summed E-state index contributed by atoms with van der Waals surface area (Å²) < 4.78 is 0. The first-order valence-corrected chi connectivity index (χ1v) is 6.47. The van der Waals surface area contributed by atoms with Crippen LogP contribution in [0.25, 0.3) is 0 Å². The first-order chi connectivity index (χ1) is 9.99. The molecule has 108 valence electrons. The van der Waals surface area contributed by atoms with Crippen LogP contribution in [0, 0.1) is 16.0 Å². The van der Waals surface area contributed by atoms with E-state index in [1.165, 1.54) is 12.1 Å². The second kappa shape index (κ2) is 4.69. The Labute approximate surface area is 119 Å². The van der Waals surface area contributed by atoms with E-state index < -0.39 is 16.6 Å². The fourth-order valence-corrected chi connectivity index (χ4v) is 2.97. The highest BCUT2D eigenvalue weighted by Crippen LogP contribution is 2.35. The molecule has 2 atom stereocenters. The van der Waals surface area contributed by atoms with Gasteiger partial charge in [-0.15, -0.1) is 0 Å². The molecule has 1 aliphatic carbocycles. The van der Waals surface area contributed by atoms with Gasteiger partial charge in [-0.2, -0.15) is 0 Å². The maximum absolute atomic E-state index is 12.1. The predicted molar refractivity (Wildman–Crippen MR) is 71.6 cm³/mol. The average molecular weight is 288 g/mol. The molecule has 1 N–H and O–H groups in total. The molecule has 0 spiro atoms. The third kappa shape index (κ3) is 2.06. The molecule has 2 bridgehead atoms. The Hall–Kier alpha value is -2.70. The summed E-state index contributed by atoms with van der Waals surface area (Å²) in [5, 5.41) is 20.2. The minimum atomic E-state index is -1.36. The maximum atomic E-state index is 12.1. The van der Waals surface area contributed by atoms with E-state index in [9.17, 15) is 24.8 Å². The first kappa shape index (κ1) is 13.3. The lowest BCUT2D eigenvalue weighted by Gasteiger charge is -2.24. The Morgan fingerprint density at radius 2 is 2.19 bits per heavy atom. The summed E-state index contributed by atoms with van der Waals surface area (Å²) in [6.45, 7) is 0.0770. The summed E-state index contributed by atoms with van der Waals surface area (Å²) in [4.78, 5) is 35.2. The number of aromatic carboxylic acids is 1. The van der Waals surface area contributed by atoms with Crippen LogP contribution in [-0.4, -0.2) is 32.8 Å². The van der Waals surface area contributed by atoms with E-state index in [1.807, 2.05) is 12.2 Å². The monoisotopic (exact) mass is 288 g/mol. The Morgan fingerprint density at radius 3 is 2.76 bits per heavy atom. The van der Waals surface area contributed by atoms with Crippen LogP contribution in [-0.2, 0) is 11.3 Å². The summed E-state index contributed by atoms with van der Waals surface area (Å²) in [5.74, 6) is -1.54. The topological polar surface area (TPSA) is 101 Å². The summed E-state index contributed by atoms with van der Waals surface area (Å²) in [6.07, 6.45) is 4.48. The minimum Gasteiger partial charge on any atom is -0.477 e. The van der Waals surface area contributed by atoms with Gasteiger partial charge in [0, 0.05) is 12.6 Å². The van der Waals surface area contributed by atoms with Gasteiger partial charge >= 0.3 is 5.97 Å². The Balaban J connectivity index is 1.98. The Kier molecular flexibility index (Phi) is 2.97. The largest absolute Gasteiger partial charge is 0.477 e. The molecular formula is C14H12N2O5. The molecule has 7 nitrogen and oxygen atoms in total. The first-order valence-electron chi connectivity index (χ1n) is 6.47. The Bertz CT molecular complexity index is 682. The zero-order valence-electron chi connectivity index (χ0n) is 10.9. The second-order valence-corrected chi connectivity index (χ2v) is 5.13. The molecule has 1 aromatic carbocycles. The molecule has 1 amide bonds. The van der Waals surface area contributed by atoms with Crippen LogP contribution >= 0.6 is 0 Å². The number of hydrogen-bond donors (Lipinski definition) is 1. The number of fused-ring (bicyclic) bond motifs is 2. The lowest BCUT2D eigenvalue weighted by molar-refractivity contribution is -0.385. The molecule has 1 heterocycles. The molecule has 0 saturated carbocycles. The van der Waals surface area contributed by atoms with E-state index in [4.69, 9.17) is 0 Å². The molecule has 21 heavy (non-hydrogen) atoms. The number of carboxylic acids is 1. The van der Waals surface area contributed by atoms with Crippen molar-refractivity contribution < 1.29 is 19.6 Å². The van der Waals surface area contributed by atoms with Crippen LogP contribution in [0.3, 0.4) is 0 Å². The van der Waals surface area contributed by atoms with E-state index in [1.54, 1.807) is 4.90 Å². The minimum absolute atomic E-state index is 0.0385. The normalized spacial score (nSPS) is 22.9. The molecule has 0 aromatic heterocycles. The molecule has 2 aliphatic rings. The molecule has 7 heteroatoms. The van der Waals surface area contributed by atoms with E-state index in [0.717, 1.165) is 6.07 Å². The molecule has 3 rings (SSSR count). The number of carboxylic acid groups (broad SMARTS) is 1. The second-order valence-electron chi connectivity index (χ2n) is 5.13. The van der Waals surface area contributed by atoms with Crippen LogP contribution in [0.4, 0.5) is 5.69 Å². The molecule has 1 saturated heterocycles. The zero-order valence-corrected chi connectivity index (χ0v) is 10.9. The van der Waals surface area contributed by atoms with E-state index in [-0.39, 0.29) is 35.5 Å². The SMILES string of the molecule is O=C(O)c1c(CN2C(=O)C3C=CC2C3)cccc1[N+](=O)[O-]. The highest BCUT2D eigenvalue weighted by Gasteiger charge is 2.41. The number of carbonyl (C=O) groups is 2. The smallest absolute Gasteiger partial charge is 0.343 e. The van der Waals surface area contributed by atoms with Crippen molar-refractivity contribution in [3.8, 4) is 0 Å². The fourth-order valence-electron chi connectivity index (χ4n) is 2.97. The van der Waals surface area contributed by atoms with Crippen molar-refractivity contribution in [2.45, 2.75) is 19.0 Å². The third-order valence-electron chi connectivity index (χ3n) is 3.94. The number of amides is 1. The third-order valence-corrected chi connectivity index (χ3v) is 3.94. The van der Waals surface area contributed by atoms with Crippen molar-refractivity contribution in [1.29, 1.82) is 0 Å². The van der Waals surface area contributed by atoms with Gasteiger partial charge in [0.15, 0.2) is 0 Å². The number of likely N-dealkylation sites (tertiary alicyclic amines) is 1. The standard InChI is InChI=1S/C14H12N2O5/c17-13-8-4-5-10(6-8)15(13)7-9-2-1-3-11(16(20)21)12(9)14(18)19/h1-5,8,10H,6-7H2,(H,18,19).